The summed E-state index contributed by atoms with van der Waals surface area (Å²) in [6.07, 6.45) is 3.23. The predicted molar refractivity (Wildman–Crippen MR) is 96.1 cm³/mol. The summed E-state index contributed by atoms with van der Waals surface area (Å²) in [5.41, 5.74) is 1.56. The maximum Gasteiger partial charge on any atom is 0.256 e. The SMILES string of the molecule is CC(C)Cn1nccc1NC(=O)c1cccc(CN2CCCC2=O)c1. The molecule has 0 bridgehead atoms. The topological polar surface area (TPSA) is 67.2 Å². The zero-order chi connectivity index (χ0) is 17.8. The minimum Gasteiger partial charge on any atom is -0.338 e. The first kappa shape index (κ1) is 17.2. The highest BCUT2D eigenvalue weighted by Gasteiger charge is 2.20. The van der Waals surface area contributed by atoms with Gasteiger partial charge in [-0.05, 0) is 30.0 Å². The summed E-state index contributed by atoms with van der Waals surface area (Å²) >= 11 is 0. The van der Waals surface area contributed by atoms with Crippen LogP contribution in [0.3, 0.4) is 0 Å². The Kier molecular flexibility index (Phi) is 5.16. The van der Waals surface area contributed by atoms with Gasteiger partial charge in [-0.2, -0.15) is 5.10 Å². The fourth-order valence-electron chi connectivity index (χ4n) is 3.02. The van der Waals surface area contributed by atoms with Gasteiger partial charge in [-0.1, -0.05) is 26.0 Å². The van der Waals surface area contributed by atoms with Crippen LogP contribution in [0.15, 0.2) is 36.5 Å². The van der Waals surface area contributed by atoms with E-state index in [9.17, 15) is 9.59 Å². The van der Waals surface area contributed by atoms with Crippen molar-refractivity contribution < 1.29 is 9.59 Å². The van der Waals surface area contributed by atoms with Crippen LogP contribution >= 0.6 is 0 Å². The van der Waals surface area contributed by atoms with Crippen LogP contribution in [0.1, 0.15) is 42.6 Å². The van der Waals surface area contributed by atoms with Crippen LogP contribution in [0.2, 0.25) is 0 Å². The van der Waals surface area contributed by atoms with E-state index in [0.29, 0.717) is 30.3 Å². The van der Waals surface area contributed by atoms with Gasteiger partial charge in [0.2, 0.25) is 5.91 Å². The Morgan fingerprint density at radius 3 is 2.88 bits per heavy atom. The number of likely N-dealkylation sites (tertiary alicyclic amines) is 1. The predicted octanol–water partition coefficient (Wildman–Crippen LogP) is 2.91. The molecule has 1 N–H and O–H groups in total. The number of carbonyl (C=O) groups excluding carboxylic acids is 2. The molecule has 0 spiro atoms. The van der Waals surface area contributed by atoms with Crippen LogP contribution in [0, 0.1) is 5.92 Å². The number of nitrogens with zero attached hydrogens (tertiary/aromatic N) is 3. The number of rotatable bonds is 6. The molecule has 0 atom stereocenters. The lowest BCUT2D eigenvalue weighted by Gasteiger charge is -2.16. The number of hydrogen-bond acceptors (Lipinski definition) is 3. The van der Waals surface area contributed by atoms with Crippen molar-refractivity contribution in [3.63, 3.8) is 0 Å². The van der Waals surface area contributed by atoms with E-state index in [2.05, 4.69) is 24.3 Å². The molecule has 0 aliphatic carbocycles. The molecule has 2 amide bonds. The van der Waals surface area contributed by atoms with Crippen molar-refractivity contribution in [2.45, 2.75) is 39.8 Å². The minimum absolute atomic E-state index is 0.167. The van der Waals surface area contributed by atoms with E-state index in [4.69, 9.17) is 0 Å². The van der Waals surface area contributed by atoms with Gasteiger partial charge >= 0.3 is 0 Å². The number of carbonyl (C=O) groups is 2. The molecule has 2 heterocycles. The van der Waals surface area contributed by atoms with Crippen molar-refractivity contribution in [1.29, 1.82) is 0 Å². The highest BCUT2D eigenvalue weighted by atomic mass is 16.2. The first-order valence-corrected chi connectivity index (χ1v) is 8.73. The summed E-state index contributed by atoms with van der Waals surface area (Å²) in [5.74, 6) is 1.16. The molecule has 1 aromatic heterocycles. The Morgan fingerprint density at radius 1 is 1.32 bits per heavy atom. The molecular weight excluding hydrogens is 316 g/mol. The van der Waals surface area contributed by atoms with Gasteiger partial charge in [0.1, 0.15) is 5.82 Å². The lowest BCUT2D eigenvalue weighted by molar-refractivity contribution is -0.128. The molecule has 0 saturated carbocycles. The molecule has 1 saturated heterocycles. The van der Waals surface area contributed by atoms with E-state index in [1.165, 1.54) is 0 Å². The molecule has 1 aliphatic heterocycles. The summed E-state index contributed by atoms with van der Waals surface area (Å²) in [5, 5.41) is 7.18. The highest BCUT2D eigenvalue weighted by molar-refractivity contribution is 6.03. The second-order valence-electron chi connectivity index (χ2n) is 6.87. The number of amides is 2. The van der Waals surface area contributed by atoms with Gasteiger partial charge in [-0.15, -0.1) is 0 Å². The zero-order valence-electron chi connectivity index (χ0n) is 14.7. The van der Waals surface area contributed by atoms with Crippen LogP contribution < -0.4 is 5.32 Å². The minimum atomic E-state index is -0.167. The van der Waals surface area contributed by atoms with Crippen molar-refractivity contribution in [2.75, 3.05) is 11.9 Å². The maximum absolute atomic E-state index is 12.6. The molecule has 0 unspecified atom stereocenters. The zero-order valence-corrected chi connectivity index (χ0v) is 14.7. The highest BCUT2D eigenvalue weighted by Crippen LogP contribution is 2.16. The average molecular weight is 340 g/mol. The van der Waals surface area contributed by atoms with E-state index in [1.54, 1.807) is 23.0 Å². The number of benzene rings is 1. The van der Waals surface area contributed by atoms with Crippen molar-refractivity contribution in [3.05, 3.63) is 47.7 Å². The number of hydrogen-bond donors (Lipinski definition) is 1. The van der Waals surface area contributed by atoms with E-state index in [1.807, 2.05) is 23.1 Å². The van der Waals surface area contributed by atoms with Crippen LogP contribution in [-0.2, 0) is 17.9 Å². The molecule has 132 valence electrons. The van der Waals surface area contributed by atoms with Crippen molar-refractivity contribution >= 4 is 17.6 Å². The normalized spacial score (nSPS) is 14.4. The second kappa shape index (κ2) is 7.51. The lowest BCUT2D eigenvalue weighted by Crippen LogP contribution is -2.24. The van der Waals surface area contributed by atoms with E-state index in [0.717, 1.165) is 25.1 Å². The molecule has 6 heteroatoms. The smallest absolute Gasteiger partial charge is 0.256 e. The van der Waals surface area contributed by atoms with Gasteiger partial charge < -0.3 is 10.2 Å². The molecule has 25 heavy (non-hydrogen) atoms. The van der Waals surface area contributed by atoms with Crippen molar-refractivity contribution in [2.24, 2.45) is 5.92 Å². The lowest BCUT2D eigenvalue weighted by atomic mass is 10.1. The molecule has 0 radical (unpaired) electrons. The van der Waals surface area contributed by atoms with Gasteiger partial charge in [0.05, 0.1) is 6.20 Å². The second-order valence-corrected chi connectivity index (χ2v) is 6.87. The fraction of sp³-hybridized carbons (Fsp3) is 0.421. The number of aromatic nitrogens is 2. The first-order chi connectivity index (χ1) is 12.0. The summed E-state index contributed by atoms with van der Waals surface area (Å²) in [7, 11) is 0. The Morgan fingerprint density at radius 2 is 2.16 bits per heavy atom. The van der Waals surface area contributed by atoms with Gasteiger partial charge in [0, 0.05) is 37.7 Å². The Labute approximate surface area is 147 Å². The van der Waals surface area contributed by atoms with Gasteiger partial charge in [0.25, 0.3) is 5.91 Å². The standard InChI is InChI=1S/C19H24N4O2/c1-14(2)12-23-17(8-9-20-23)21-19(25)16-6-3-5-15(11-16)13-22-10-4-7-18(22)24/h3,5-6,8-9,11,14H,4,7,10,12-13H2,1-2H3,(H,21,25). The largest absolute Gasteiger partial charge is 0.338 e. The van der Waals surface area contributed by atoms with Gasteiger partial charge in [-0.3, -0.25) is 9.59 Å². The molecule has 3 rings (SSSR count). The molecule has 1 fully saturated rings. The van der Waals surface area contributed by atoms with Crippen molar-refractivity contribution in [3.8, 4) is 0 Å². The number of anilines is 1. The van der Waals surface area contributed by atoms with E-state index < -0.39 is 0 Å². The van der Waals surface area contributed by atoms with E-state index in [-0.39, 0.29) is 11.8 Å². The molecule has 1 aromatic carbocycles. The third-order valence-corrected chi connectivity index (χ3v) is 4.23. The molecular formula is C19H24N4O2. The van der Waals surface area contributed by atoms with Crippen LogP contribution in [0.4, 0.5) is 5.82 Å². The monoisotopic (exact) mass is 340 g/mol. The van der Waals surface area contributed by atoms with Crippen LogP contribution in [0.5, 0.6) is 0 Å². The van der Waals surface area contributed by atoms with E-state index >= 15 is 0 Å². The quantitative estimate of drug-likeness (QED) is 0.879. The number of nitrogens with one attached hydrogen (secondary N) is 1. The van der Waals surface area contributed by atoms with Crippen LogP contribution in [-0.4, -0.2) is 33.0 Å². The Balaban J connectivity index is 1.69. The summed E-state index contributed by atoms with van der Waals surface area (Å²) in [4.78, 5) is 26.2. The molecule has 6 nitrogen and oxygen atoms in total. The summed E-state index contributed by atoms with van der Waals surface area (Å²) in [6.45, 7) is 6.32. The first-order valence-electron chi connectivity index (χ1n) is 8.73. The van der Waals surface area contributed by atoms with Crippen molar-refractivity contribution in [1.82, 2.24) is 14.7 Å². The average Bonchev–Trinajstić information content (AvgIpc) is 3.17. The maximum atomic E-state index is 12.6. The summed E-state index contributed by atoms with van der Waals surface area (Å²) < 4.78 is 1.80. The van der Waals surface area contributed by atoms with Crippen LogP contribution in [0.25, 0.3) is 0 Å². The summed E-state index contributed by atoms with van der Waals surface area (Å²) in [6, 6.07) is 9.24. The third-order valence-electron chi connectivity index (χ3n) is 4.23. The third kappa shape index (κ3) is 4.26. The Hall–Kier alpha value is -2.63. The Bertz CT molecular complexity index is 766. The molecule has 1 aliphatic rings. The van der Waals surface area contributed by atoms with Gasteiger partial charge in [0.15, 0.2) is 0 Å². The fourth-order valence-corrected chi connectivity index (χ4v) is 3.02. The molecule has 2 aromatic rings. The van der Waals surface area contributed by atoms with Gasteiger partial charge in [-0.25, -0.2) is 4.68 Å².